The number of hydrogen-bond donors (Lipinski definition) is 0. The van der Waals surface area contributed by atoms with Crippen LogP contribution in [0.15, 0.2) is 81.5 Å². The Balaban J connectivity index is 1.87. The molecule has 0 atom stereocenters. The molecule has 2 aromatic carbocycles. The molecular formula is C23H12ClN3OS3. The lowest BCUT2D eigenvalue weighted by molar-refractivity contribution is 1.32. The topological polar surface area (TPSA) is 58.1 Å². The maximum atomic E-state index is 11.3. The second-order valence-electron chi connectivity index (χ2n) is 6.61. The van der Waals surface area contributed by atoms with Crippen LogP contribution in [-0.2, 0) is 0 Å². The Kier molecular flexibility index (Phi) is 5.38. The molecule has 0 unspecified atom stereocenters. The monoisotopic (exact) mass is 477 g/mol. The van der Waals surface area contributed by atoms with Crippen molar-refractivity contribution >= 4 is 62.8 Å². The number of nitroso groups, excluding NO2 is 1. The molecule has 0 N–H and O–H groups in total. The van der Waals surface area contributed by atoms with Crippen LogP contribution in [0.4, 0.5) is 5.69 Å². The van der Waals surface area contributed by atoms with Gasteiger partial charge in [0.15, 0.2) is 0 Å². The van der Waals surface area contributed by atoms with Gasteiger partial charge in [0.1, 0.15) is 16.6 Å². The van der Waals surface area contributed by atoms with Gasteiger partial charge in [0.05, 0.1) is 16.1 Å². The predicted molar refractivity (Wildman–Crippen MR) is 131 cm³/mol. The van der Waals surface area contributed by atoms with Gasteiger partial charge in [-0.1, -0.05) is 17.7 Å². The lowest BCUT2D eigenvalue weighted by Gasteiger charge is -2.10. The van der Waals surface area contributed by atoms with Crippen LogP contribution in [0.25, 0.3) is 32.6 Å². The highest BCUT2D eigenvalue weighted by Gasteiger charge is 2.24. The minimum absolute atomic E-state index is 0.355. The van der Waals surface area contributed by atoms with E-state index in [9.17, 15) is 10.2 Å². The van der Waals surface area contributed by atoms with Crippen LogP contribution >= 0.6 is 46.2 Å². The highest BCUT2D eigenvalue weighted by molar-refractivity contribution is 7.98. The van der Waals surface area contributed by atoms with Gasteiger partial charge in [-0.15, -0.1) is 27.6 Å². The SMILES string of the molecule is N#Cc1sccc1-c1c(-c2cccs2)n(Sc2ccc(Cl)cc2)c2ccc(N=O)cc12. The van der Waals surface area contributed by atoms with Gasteiger partial charge in [0.2, 0.25) is 0 Å². The van der Waals surface area contributed by atoms with Crippen LogP contribution in [0.5, 0.6) is 0 Å². The van der Waals surface area contributed by atoms with E-state index in [1.54, 1.807) is 35.4 Å². The first kappa shape index (κ1) is 20.0. The van der Waals surface area contributed by atoms with E-state index in [-0.39, 0.29) is 0 Å². The van der Waals surface area contributed by atoms with Crippen molar-refractivity contribution in [3.8, 4) is 27.8 Å². The summed E-state index contributed by atoms with van der Waals surface area (Å²) >= 11 is 10.7. The maximum absolute atomic E-state index is 11.3. The van der Waals surface area contributed by atoms with Crippen molar-refractivity contribution in [2.75, 3.05) is 0 Å². The molecule has 0 saturated carbocycles. The third kappa shape index (κ3) is 3.58. The minimum atomic E-state index is 0.355. The molecule has 0 amide bonds. The summed E-state index contributed by atoms with van der Waals surface area (Å²) in [5.41, 5.74) is 4.08. The Morgan fingerprint density at radius 2 is 1.87 bits per heavy atom. The number of aromatic nitrogens is 1. The van der Waals surface area contributed by atoms with Crippen LogP contribution in [0.1, 0.15) is 4.88 Å². The van der Waals surface area contributed by atoms with Gasteiger partial charge in [-0.25, -0.2) is 0 Å². The summed E-state index contributed by atoms with van der Waals surface area (Å²) in [5.74, 6) is 0. The van der Waals surface area contributed by atoms with E-state index in [1.165, 1.54) is 11.3 Å². The van der Waals surface area contributed by atoms with Gasteiger partial charge < -0.3 is 0 Å². The normalized spacial score (nSPS) is 11.0. The van der Waals surface area contributed by atoms with E-state index in [4.69, 9.17) is 11.6 Å². The largest absolute Gasteiger partial charge is 0.278 e. The quantitative estimate of drug-likeness (QED) is 0.238. The summed E-state index contributed by atoms with van der Waals surface area (Å²) in [4.78, 5) is 14.0. The third-order valence-corrected chi connectivity index (χ3v) is 7.81. The molecule has 0 radical (unpaired) electrons. The molecule has 5 rings (SSSR count). The lowest BCUT2D eigenvalue weighted by atomic mass is 10.0. The van der Waals surface area contributed by atoms with Crippen molar-refractivity contribution in [2.45, 2.75) is 4.90 Å². The van der Waals surface area contributed by atoms with Gasteiger partial charge in [-0.3, -0.25) is 3.97 Å². The zero-order chi connectivity index (χ0) is 21.4. The lowest BCUT2D eigenvalue weighted by Crippen LogP contribution is -1.90. The van der Waals surface area contributed by atoms with Gasteiger partial charge in [-0.05, 0) is 82.5 Å². The standard InChI is InChI=1S/C23H12ClN3OS3/c24-14-3-6-16(7-4-14)31-27-19-8-5-15(26-28)12-18(19)22(17-9-11-30-21(17)13-25)23(27)20-2-1-10-29-20/h1-12H. The number of halogens is 1. The Bertz CT molecular complexity index is 1440. The molecule has 0 saturated heterocycles. The molecule has 0 aliphatic rings. The van der Waals surface area contributed by atoms with Gasteiger partial charge in [0, 0.05) is 26.4 Å². The molecule has 3 aromatic heterocycles. The van der Waals surface area contributed by atoms with E-state index in [0.29, 0.717) is 15.6 Å². The number of rotatable bonds is 5. The van der Waals surface area contributed by atoms with E-state index in [2.05, 4.69) is 21.3 Å². The molecular weight excluding hydrogens is 466 g/mol. The smallest absolute Gasteiger partial charge is 0.112 e. The average Bonchev–Trinajstić information content (AvgIpc) is 3.53. The summed E-state index contributed by atoms with van der Waals surface area (Å²) < 4.78 is 2.16. The van der Waals surface area contributed by atoms with Gasteiger partial charge >= 0.3 is 0 Å². The molecule has 0 bridgehead atoms. The predicted octanol–water partition coefficient (Wildman–Crippen LogP) is 8.58. The molecule has 150 valence electrons. The second kappa shape index (κ2) is 8.33. The zero-order valence-corrected chi connectivity index (χ0v) is 19.0. The van der Waals surface area contributed by atoms with Crippen molar-refractivity contribution in [1.29, 1.82) is 5.26 Å². The molecule has 0 fully saturated rings. The van der Waals surface area contributed by atoms with Crippen LogP contribution in [0.3, 0.4) is 0 Å². The number of benzene rings is 2. The highest BCUT2D eigenvalue weighted by atomic mass is 35.5. The summed E-state index contributed by atoms with van der Waals surface area (Å²) in [7, 11) is 0. The fraction of sp³-hybridized carbons (Fsp3) is 0. The van der Waals surface area contributed by atoms with E-state index in [1.807, 2.05) is 53.2 Å². The Morgan fingerprint density at radius 1 is 1.03 bits per heavy atom. The third-order valence-electron chi connectivity index (χ3n) is 4.81. The number of nitrogens with zero attached hydrogens (tertiary/aromatic N) is 3. The summed E-state index contributed by atoms with van der Waals surface area (Å²) in [6.45, 7) is 0. The van der Waals surface area contributed by atoms with Gasteiger partial charge in [0.25, 0.3) is 0 Å². The summed E-state index contributed by atoms with van der Waals surface area (Å²) in [6.07, 6.45) is 0. The second-order valence-corrected chi connectivity index (χ2v) is 9.93. The number of nitriles is 1. The Morgan fingerprint density at radius 3 is 2.58 bits per heavy atom. The first-order valence-corrected chi connectivity index (χ1v) is 12.1. The number of thiophene rings is 2. The fourth-order valence-electron chi connectivity index (χ4n) is 3.51. The van der Waals surface area contributed by atoms with Crippen LogP contribution < -0.4 is 0 Å². The molecule has 8 heteroatoms. The van der Waals surface area contributed by atoms with E-state index in [0.717, 1.165) is 37.5 Å². The van der Waals surface area contributed by atoms with Crippen molar-refractivity contribution in [1.82, 2.24) is 3.97 Å². The van der Waals surface area contributed by atoms with Crippen LogP contribution in [-0.4, -0.2) is 3.97 Å². The van der Waals surface area contributed by atoms with Crippen molar-refractivity contribution in [2.24, 2.45) is 5.18 Å². The van der Waals surface area contributed by atoms with Crippen molar-refractivity contribution in [3.63, 3.8) is 0 Å². The van der Waals surface area contributed by atoms with Crippen LogP contribution in [0, 0.1) is 16.2 Å². The molecule has 0 aliphatic heterocycles. The zero-order valence-electron chi connectivity index (χ0n) is 15.8. The molecule has 0 aliphatic carbocycles. The average molecular weight is 478 g/mol. The fourth-order valence-corrected chi connectivity index (χ4v) is 6.15. The Labute approximate surface area is 195 Å². The van der Waals surface area contributed by atoms with Crippen LogP contribution in [0.2, 0.25) is 5.02 Å². The summed E-state index contributed by atoms with van der Waals surface area (Å²) in [6, 6.07) is 21.5. The first-order valence-electron chi connectivity index (χ1n) is 9.17. The Hall–Kier alpha value is -2.89. The highest BCUT2D eigenvalue weighted by Crippen LogP contribution is 2.48. The van der Waals surface area contributed by atoms with E-state index >= 15 is 0 Å². The van der Waals surface area contributed by atoms with Crippen molar-refractivity contribution in [3.05, 3.63) is 86.2 Å². The number of hydrogen-bond acceptors (Lipinski definition) is 6. The molecule has 5 aromatic rings. The summed E-state index contributed by atoms with van der Waals surface area (Å²) in [5, 5.41) is 18.4. The van der Waals surface area contributed by atoms with E-state index < -0.39 is 0 Å². The molecule has 31 heavy (non-hydrogen) atoms. The maximum Gasteiger partial charge on any atom is 0.112 e. The number of fused-ring (bicyclic) bond motifs is 1. The molecule has 4 nitrogen and oxygen atoms in total. The first-order chi connectivity index (χ1) is 15.2. The molecule has 3 heterocycles. The van der Waals surface area contributed by atoms with Gasteiger partial charge in [-0.2, -0.15) is 5.26 Å². The van der Waals surface area contributed by atoms with Crippen molar-refractivity contribution < 1.29 is 0 Å². The molecule has 0 spiro atoms. The minimum Gasteiger partial charge on any atom is -0.278 e.